The van der Waals surface area contributed by atoms with Crippen molar-refractivity contribution in [3.8, 4) is 0 Å². The van der Waals surface area contributed by atoms with E-state index >= 15 is 0 Å². The first kappa shape index (κ1) is 14.1. The van der Waals surface area contributed by atoms with Gasteiger partial charge in [0.05, 0.1) is 22.7 Å². The minimum atomic E-state index is -3.61. The number of amides is 1. The second kappa shape index (κ2) is 4.87. The number of para-hydroxylation sites is 2. The van der Waals surface area contributed by atoms with Crippen LogP contribution in [-0.4, -0.2) is 10.8 Å². The van der Waals surface area contributed by atoms with Gasteiger partial charge in [0.1, 0.15) is 0 Å². The first-order valence-corrected chi connectivity index (χ1v) is 6.44. The molecule has 2 aromatic carbocycles. The zero-order chi connectivity index (χ0) is 15.9. The van der Waals surface area contributed by atoms with Gasteiger partial charge in [-0.15, -0.1) is 0 Å². The van der Waals surface area contributed by atoms with Gasteiger partial charge in [0.15, 0.2) is 0 Å². The molecular formula is C15H10F2N2O3. The minimum Gasteiger partial charge on any atom is -0.302 e. The summed E-state index contributed by atoms with van der Waals surface area (Å²) in [6.07, 6.45) is 0. The van der Waals surface area contributed by atoms with Gasteiger partial charge < -0.3 is 4.90 Å². The molecule has 2 aromatic rings. The Morgan fingerprint density at radius 2 is 1.73 bits per heavy atom. The van der Waals surface area contributed by atoms with Crippen molar-refractivity contribution in [2.24, 2.45) is 0 Å². The van der Waals surface area contributed by atoms with Gasteiger partial charge in [-0.2, -0.15) is 8.78 Å². The molecule has 0 atom stereocenters. The first-order valence-electron chi connectivity index (χ1n) is 6.44. The molecule has 0 bridgehead atoms. The zero-order valence-corrected chi connectivity index (χ0v) is 11.2. The Balaban J connectivity index is 2.04. The van der Waals surface area contributed by atoms with Crippen LogP contribution >= 0.6 is 0 Å². The second-order valence-corrected chi connectivity index (χ2v) is 4.87. The number of halogens is 2. The van der Waals surface area contributed by atoms with E-state index in [2.05, 4.69) is 0 Å². The molecule has 112 valence electrons. The topological polar surface area (TPSA) is 63.5 Å². The maximum atomic E-state index is 14.0. The lowest BCUT2D eigenvalue weighted by atomic mass is 10.1. The Kier molecular flexibility index (Phi) is 3.13. The Morgan fingerprint density at radius 3 is 2.45 bits per heavy atom. The van der Waals surface area contributed by atoms with E-state index in [-0.39, 0.29) is 29.0 Å². The molecular weight excluding hydrogens is 294 g/mol. The number of hydrogen-bond acceptors (Lipinski definition) is 3. The molecule has 0 saturated heterocycles. The van der Waals surface area contributed by atoms with Crippen molar-refractivity contribution in [2.75, 3.05) is 4.90 Å². The molecule has 5 nitrogen and oxygen atoms in total. The summed E-state index contributed by atoms with van der Waals surface area (Å²) >= 11 is 0. The standard InChI is InChI=1S/C15H10F2N2O3/c16-15(17)11-6-2-4-8-13(11)18(14(15)20)9-10-5-1-3-7-12(10)19(21)22/h1-8H,9H2. The maximum absolute atomic E-state index is 14.0. The molecule has 0 saturated carbocycles. The van der Waals surface area contributed by atoms with E-state index in [0.29, 0.717) is 0 Å². The highest BCUT2D eigenvalue weighted by molar-refractivity contribution is 6.05. The van der Waals surface area contributed by atoms with Crippen molar-refractivity contribution in [1.82, 2.24) is 0 Å². The molecule has 1 aliphatic rings. The van der Waals surface area contributed by atoms with Crippen LogP contribution in [0, 0.1) is 10.1 Å². The highest BCUT2D eigenvalue weighted by Gasteiger charge is 2.52. The third-order valence-electron chi connectivity index (χ3n) is 3.56. The number of alkyl halides is 2. The summed E-state index contributed by atoms with van der Waals surface area (Å²) in [6, 6.07) is 11.3. The summed E-state index contributed by atoms with van der Waals surface area (Å²) in [6.45, 7) is -0.275. The molecule has 1 amide bonds. The highest BCUT2D eigenvalue weighted by Crippen LogP contribution is 2.44. The molecule has 3 rings (SSSR count). The number of carbonyl (C=O) groups excluding carboxylic acids is 1. The van der Waals surface area contributed by atoms with E-state index in [1.807, 2.05) is 0 Å². The average molecular weight is 304 g/mol. The van der Waals surface area contributed by atoms with Crippen LogP contribution in [0.1, 0.15) is 11.1 Å². The van der Waals surface area contributed by atoms with E-state index in [1.165, 1.54) is 36.4 Å². The monoisotopic (exact) mass is 304 g/mol. The predicted octanol–water partition coefficient (Wildman–Crippen LogP) is 3.23. The highest BCUT2D eigenvalue weighted by atomic mass is 19.3. The van der Waals surface area contributed by atoms with Gasteiger partial charge in [0.2, 0.25) is 0 Å². The number of rotatable bonds is 3. The summed E-state index contributed by atoms with van der Waals surface area (Å²) in [5.74, 6) is -4.98. The molecule has 1 aliphatic heterocycles. The molecule has 22 heavy (non-hydrogen) atoms. The third kappa shape index (κ3) is 2.02. The van der Waals surface area contributed by atoms with Crippen LogP contribution in [0.2, 0.25) is 0 Å². The lowest BCUT2D eigenvalue weighted by Crippen LogP contribution is -2.34. The largest absolute Gasteiger partial charge is 0.352 e. The van der Waals surface area contributed by atoms with Gasteiger partial charge in [-0.1, -0.05) is 36.4 Å². The number of nitro groups is 1. The van der Waals surface area contributed by atoms with Gasteiger partial charge in [0, 0.05) is 11.6 Å². The zero-order valence-electron chi connectivity index (χ0n) is 11.2. The first-order chi connectivity index (χ1) is 10.4. The Hall–Kier alpha value is -2.83. The molecule has 0 N–H and O–H groups in total. The molecule has 7 heteroatoms. The lowest BCUT2D eigenvalue weighted by molar-refractivity contribution is -0.385. The third-order valence-corrected chi connectivity index (χ3v) is 3.56. The van der Waals surface area contributed by atoms with E-state index in [4.69, 9.17) is 0 Å². The van der Waals surface area contributed by atoms with Gasteiger partial charge >= 0.3 is 11.8 Å². The van der Waals surface area contributed by atoms with Crippen molar-refractivity contribution < 1.29 is 18.5 Å². The van der Waals surface area contributed by atoms with Crippen molar-refractivity contribution >= 4 is 17.3 Å². The number of carbonyl (C=O) groups is 1. The van der Waals surface area contributed by atoms with Crippen LogP contribution in [0.25, 0.3) is 0 Å². The summed E-state index contributed by atoms with van der Waals surface area (Å²) in [4.78, 5) is 23.3. The fourth-order valence-corrected chi connectivity index (χ4v) is 2.52. The SMILES string of the molecule is O=C1N(Cc2ccccc2[N+](=O)[O-])c2ccccc2C1(F)F. The van der Waals surface area contributed by atoms with Crippen molar-refractivity contribution in [3.63, 3.8) is 0 Å². The molecule has 0 unspecified atom stereocenters. The van der Waals surface area contributed by atoms with Crippen LogP contribution in [0.5, 0.6) is 0 Å². The minimum absolute atomic E-state index is 0.0793. The van der Waals surface area contributed by atoms with Crippen LogP contribution in [0.3, 0.4) is 0 Å². The van der Waals surface area contributed by atoms with Gasteiger partial charge in [-0.05, 0) is 6.07 Å². The maximum Gasteiger partial charge on any atom is 0.352 e. The Bertz CT molecular complexity index is 777. The van der Waals surface area contributed by atoms with Gasteiger partial charge in [0.25, 0.3) is 5.69 Å². The quantitative estimate of drug-likeness (QED) is 0.646. The smallest absolute Gasteiger partial charge is 0.302 e. The lowest BCUT2D eigenvalue weighted by Gasteiger charge is -2.17. The number of benzene rings is 2. The summed E-state index contributed by atoms with van der Waals surface area (Å²) in [7, 11) is 0. The fraction of sp³-hybridized carbons (Fsp3) is 0.133. The number of nitro benzene ring substituents is 1. The molecule has 0 aromatic heterocycles. The molecule has 0 aliphatic carbocycles. The normalized spacial score (nSPS) is 15.7. The Labute approximate surface area is 123 Å². The summed E-state index contributed by atoms with van der Waals surface area (Å²) in [5.41, 5.74) is -0.300. The Morgan fingerprint density at radius 1 is 1.09 bits per heavy atom. The van der Waals surface area contributed by atoms with E-state index in [9.17, 15) is 23.7 Å². The van der Waals surface area contributed by atoms with Gasteiger partial charge in [-0.25, -0.2) is 0 Å². The summed E-state index contributed by atoms with van der Waals surface area (Å²) in [5, 5.41) is 11.0. The van der Waals surface area contributed by atoms with Crippen molar-refractivity contribution in [1.29, 1.82) is 0 Å². The van der Waals surface area contributed by atoms with Crippen LogP contribution in [0.4, 0.5) is 20.2 Å². The average Bonchev–Trinajstić information content (AvgIpc) is 2.69. The molecule has 1 heterocycles. The second-order valence-electron chi connectivity index (χ2n) is 4.87. The number of anilines is 1. The van der Waals surface area contributed by atoms with E-state index in [0.717, 1.165) is 4.90 Å². The number of hydrogen-bond donors (Lipinski definition) is 0. The van der Waals surface area contributed by atoms with E-state index < -0.39 is 16.8 Å². The van der Waals surface area contributed by atoms with Crippen molar-refractivity contribution in [3.05, 3.63) is 69.8 Å². The van der Waals surface area contributed by atoms with Gasteiger partial charge in [-0.3, -0.25) is 14.9 Å². The van der Waals surface area contributed by atoms with Crippen LogP contribution < -0.4 is 4.90 Å². The molecule has 0 radical (unpaired) electrons. The number of fused-ring (bicyclic) bond motifs is 1. The van der Waals surface area contributed by atoms with Crippen LogP contribution in [-0.2, 0) is 17.3 Å². The summed E-state index contributed by atoms with van der Waals surface area (Å²) < 4.78 is 28.0. The van der Waals surface area contributed by atoms with Crippen LogP contribution in [0.15, 0.2) is 48.5 Å². The molecule has 0 spiro atoms. The van der Waals surface area contributed by atoms with Crippen molar-refractivity contribution in [2.45, 2.75) is 12.5 Å². The van der Waals surface area contributed by atoms with E-state index in [1.54, 1.807) is 12.1 Å². The molecule has 0 fully saturated rings. The number of nitrogens with zero attached hydrogens (tertiary/aromatic N) is 2. The predicted molar refractivity (Wildman–Crippen MR) is 74.6 cm³/mol. The fourth-order valence-electron chi connectivity index (χ4n) is 2.52.